The van der Waals surface area contributed by atoms with E-state index < -0.39 is 10.0 Å². The lowest BCUT2D eigenvalue weighted by molar-refractivity contribution is 0.102. The highest BCUT2D eigenvalue weighted by Crippen LogP contribution is 2.21. The first-order valence-corrected chi connectivity index (χ1v) is 10.9. The van der Waals surface area contributed by atoms with Crippen molar-refractivity contribution in [2.45, 2.75) is 13.5 Å². The molecule has 0 spiro atoms. The van der Waals surface area contributed by atoms with Crippen LogP contribution in [0.15, 0.2) is 72.8 Å². The molecule has 0 aromatic heterocycles. The number of aryl methyl sites for hydroxylation is 1. The van der Waals surface area contributed by atoms with Crippen LogP contribution in [0.2, 0.25) is 0 Å². The topological polar surface area (TPSA) is 84.5 Å². The Labute approximate surface area is 170 Å². The SMILES string of the molecule is Cc1ccc(C(=O)Nc2ccc(OCc3ccccc3)cc2)cc1NS(C)(=O)=O. The van der Waals surface area contributed by atoms with Crippen molar-refractivity contribution in [1.29, 1.82) is 0 Å². The van der Waals surface area contributed by atoms with E-state index in [4.69, 9.17) is 4.74 Å². The molecule has 0 fully saturated rings. The maximum atomic E-state index is 12.5. The monoisotopic (exact) mass is 410 g/mol. The molecule has 0 bridgehead atoms. The molecule has 29 heavy (non-hydrogen) atoms. The zero-order valence-corrected chi connectivity index (χ0v) is 17.0. The van der Waals surface area contributed by atoms with Crippen molar-refractivity contribution >= 4 is 27.3 Å². The number of hydrogen-bond acceptors (Lipinski definition) is 4. The summed E-state index contributed by atoms with van der Waals surface area (Å²) in [6.07, 6.45) is 1.07. The summed E-state index contributed by atoms with van der Waals surface area (Å²) in [6, 6.07) is 21.8. The lowest BCUT2D eigenvalue weighted by Crippen LogP contribution is -2.14. The van der Waals surface area contributed by atoms with Crippen molar-refractivity contribution in [2.24, 2.45) is 0 Å². The molecule has 0 aliphatic rings. The minimum Gasteiger partial charge on any atom is -0.489 e. The molecule has 0 unspecified atom stereocenters. The first-order chi connectivity index (χ1) is 13.8. The average molecular weight is 410 g/mol. The number of amides is 1. The van der Waals surface area contributed by atoms with Gasteiger partial charge < -0.3 is 10.1 Å². The van der Waals surface area contributed by atoms with Crippen LogP contribution in [0.25, 0.3) is 0 Å². The third-order valence-corrected chi connectivity index (χ3v) is 4.75. The van der Waals surface area contributed by atoms with E-state index in [1.165, 1.54) is 6.07 Å². The minimum absolute atomic E-state index is 0.334. The summed E-state index contributed by atoms with van der Waals surface area (Å²) >= 11 is 0. The normalized spacial score (nSPS) is 11.0. The van der Waals surface area contributed by atoms with Gasteiger partial charge in [0, 0.05) is 11.3 Å². The van der Waals surface area contributed by atoms with Crippen molar-refractivity contribution in [3.63, 3.8) is 0 Å². The number of nitrogens with one attached hydrogen (secondary N) is 2. The molecule has 0 saturated carbocycles. The van der Waals surface area contributed by atoms with Gasteiger partial charge >= 0.3 is 0 Å². The predicted molar refractivity (Wildman–Crippen MR) is 115 cm³/mol. The zero-order valence-electron chi connectivity index (χ0n) is 16.2. The van der Waals surface area contributed by atoms with E-state index in [9.17, 15) is 13.2 Å². The summed E-state index contributed by atoms with van der Waals surface area (Å²) in [4.78, 5) is 12.5. The Balaban J connectivity index is 1.64. The van der Waals surface area contributed by atoms with Crippen molar-refractivity contribution in [3.8, 4) is 5.75 Å². The molecule has 150 valence electrons. The van der Waals surface area contributed by atoms with E-state index in [1.807, 2.05) is 30.3 Å². The number of sulfonamides is 1. The van der Waals surface area contributed by atoms with Crippen LogP contribution in [0.4, 0.5) is 11.4 Å². The summed E-state index contributed by atoms with van der Waals surface area (Å²) < 4.78 is 31.1. The van der Waals surface area contributed by atoms with Crippen LogP contribution in [0.1, 0.15) is 21.5 Å². The molecule has 6 nitrogen and oxygen atoms in total. The zero-order chi connectivity index (χ0) is 20.9. The van der Waals surface area contributed by atoms with Crippen molar-refractivity contribution in [3.05, 3.63) is 89.5 Å². The Morgan fingerprint density at radius 2 is 1.66 bits per heavy atom. The third-order valence-electron chi connectivity index (χ3n) is 4.16. The van der Waals surface area contributed by atoms with Crippen molar-refractivity contribution in [1.82, 2.24) is 0 Å². The largest absolute Gasteiger partial charge is 0.489 e. The van der Waals surface area contributed by atoms with Gasteiger partial charge in [-0.25, -0.2) is 8.42 Å². The fourth-order valence-electron chi connectivity index (χ4n) is 2.65. The van der Waals surface area contributed by atoms with Crippen LogP contribution in [0, 0.1) is 6.92 Å². The first-order valence-electron chi connectivity index (χ1n) is 8.97. The molecule has 0 radical (unpaired) electrons. The van der Waals surface area contributed by atoms with E-state index in [2.05, 4.69) is 10.0 Å². The highest BCUT2D eigenvalue weighted by molar-refractivity contribution is 7.92. The van der Waals surface area contributed by atoms with E-state index in [-0.39, 0.29) is 5.91 Å². The second kappa shape index (κ2) is 8.79. The minimum atomic E-state index is -3.43. The number of rotatable bonds is 7. The van der Waals surface area contributed by atoms with Crippen LogP contribution >= 0.6 is 0 Å². The summed E-state index contributed by atoms with van der Waals surface area (Å²) in [6.45, 7) is 2.23. The fraction of sp³-hybridized carbons (Fsp3) is 0.136. The average Bonchev–Trinajstić information content (AvgIpc) is 2.69. The standard InChI is InChI=1S/C22H22N2O4S/c1-16-8-9-18(14-21(16)24-29(2,26)27)22(25)23-19-10-12-20(13-11-19)28-15-17-6-4-3-5-7-17/h3-14,24H,15H2,1-2H3,(H,23,25). The van der Waals surface area contributed by atoms with E-state index in [1.54, 1.807) is 43.3 Å². The van der Waals surface area contributed by atoms with Gasteiger partial charge in [0.25, 0.3) is 5.91 Å². The number of carbonyl (C=O) groups excluding carboxylic acids is 1. The molecule has 1 amide bonds. The number of anilines is 2. The molecular weight excluding hydrogens is 388 g/mol. The number of carbonyl (C=O) groups is 1. The van der Waals surface area contributed by atoms with Crippen LogP contribution in [-0.4, -0.2) is 20.6 Å². The van der Waals surface area contributed by atoms with Gasteiger partial charge in [-0.1, -0.05) is 36.4 Å². The summed E-state index contributed by atoms with van der Waals surface area (Å²) in [5, 5.41) is 2.80. The maximum absolute atomic E-state index is 12.5. The molecule has 0 saturated heterocycles. The van der Waals surface area contributed by atoms with Crippen LogP contribution < -0.4 is 14.8 Å². The van der Waals surface area contributed by atoms with Crippen molar-refractivity contribution in [2.75, 3.05) is 16.3 Å². The van der Waals surface area contributed by atoms with Gasteiger partial charge in [-0.2, -0.15) is 0 Å². The number of hydrogen-bond donors (Lipinski definition) is 2. The second-order valence-electron chi connectivity index (χ2n) is 6.66. The van der Waals surface area contributed by atoms with Crippen LogP contribution in [0.5, 0.6) is 5.75 Å². The number of benzene rings is 3. The summed E-state index contributed by atoms with van der Waals surface area (Å²) in [7, 11) is -3.43. The van der Waals surface area contributed by atoms with E-state index in [0.29, 0.717) is 29.3 Å². The molecule has 0 aliphatic carbocycles. The van der Waals surface area contributed by atoms with Gasteiger partial charge in [-0.3, -0.25) is 9.52 Å². The van der Waals surface area contributed by atoms with Gasteiger partial charge in [-0.05, 0) is 54.4 Å². The van der Waals surface area contributed by atoms with Gasteiger partial charge in [-0.15, -0.1) is 0 Å². The van der Waals surface area contributed by atoms with E-state index >= 15 is 0 Å². The van der Waals surface area contributed by atoms with Gasteiger partial charge in [0.2, 0.25) is 10.0 Å². The molecule has 3 aromatic carbocycles. The molecule has 0 aliphatic heterocycles. The lowest BCUT2D eigenvalue weighted by Gasteiger charge is -2.11. The predicted octanol–water partition coefficient (Wildman–Crippen LogP) is 4.20. The van der Waals surface area contributed by atoms with Crippen LogP contribution in [-0.2, 0) is 16.6 Å². The Morgan fingerprint density at radius 3 is 2.31 bits per heavy atom. The highest BCUT2D eigenvalue weighted by Gasteiger charge is 2.11. The molecule has 0 atom stereocenters. The molecule has 2 N–H and O–H groups in total. The first kappa shape index (κ1) is 20.4. The Bertz CT molecular complexity index is 1100. The smallest absolute Gasteiger partial charge is 0.255 e. The molecule has 7 heteroatoms. The lowest BCUT2D eigenvalue weighted by atomic mass is 10.1. The van der Waals surface area contributed by atoms with Gasteiger partial charge in [0.15, 0.2) is 0 Å². The highest BCUT2D eigenvalue weighted by atomic mass is 32.2. The maximum Gasteiger partial charge on any atom is 0.255 e. The molecule has 0 heterocycles. The molecule has 3 aromatic rings. The number of ether oxygens (including phenoxy) is 1. The summed E-state index contributed by atoms with van der Waals surface area (Å²) in [5.74, 6) is 0.362. The Hall–Kier alpha value is -3.32. The van der Waals surface area contributed by atoms with Gasteiger partial charge in [0.05, 0.1) is 11.9 Å². The van der Waals surface area contributed by atoms with Gasteiger partial charge in [0.1, 0.15) is 12.4 Å². The fourth-order valence-corrected chi connectivity index (χ4v) is 3.27. The third kappa shape index (κ3) is 6.08. The van der Waals surface area contributed by atoms with Crippen LogP contribution in [0.3, 0.4) is 0 Å². The molecule has 3 rings (SSSR count). The Morgan fingerprint density at radius 1 is 0.966 bits per heavy atom. The van der Waals surface area contributed by atoms with Crippen molar-refractivity contribution < 1.29 is 17.9 Å². The molecular formula is C22H22N2O4S. The Kier molecular flexibility index (Phi) is 6.19. The second-order valence-corrected chi connectivity index (χ2v) is 8.41. The quantitative estimate of drug-likeness (QED) is 0.611. The summed E-state index contributed by atoms with van der Waals surface area (Å²) in [5.41, 5.74) is 3.14. The van der Waals surface area contributed by atoms with E-state index in [0.717, 1.165) is 17.4 Å².